The number of carbonyl (C=O) groups is 2. The highest BCUT2D eigenvalue weighted by atomic mass is 16.7. The van der Waals surface area contributed by atoms with E-state index < -0.39 is 44.2 Å². The molecule has 0 unspecified atom stereocenters. The Balaban J connectivity index is 4.29. The van der Waals surface area contributed by atoms with Crippen molar-refractivity contribution in [2.75, 3.05) is 26.4 Å². The topological polar surface area (TPSA) is 134 Å². The zero-order valence-corrected chi connectivity index (χ0v) is 7.75. The molecular formula is C7H12O8. The molecule has 8 nitrogen and oxygen atoms in total. The average molecular weight is 224 g/mol. The quantitative estimate of drug-likeness (QED) is 0.437. The zero-order chi connectivity index (χ0) is 11.9. The van der Waals surface area contributed by atoms with E-state index in [1.807, 2.05) is 0 Å². The summed E-state index contributed by atoms with van der Waals surface area (Å²) in [5.41, 5.74) is -1.45. The van der Waals surface area contributed by atoms with Crippen LogP contribution in [0.3, 0.4) is 0 Å². The summed E-state index contributed by atoms with van der Waals surface area (Å²) in [6, 6.07) is 0. The van der Waals surface area contributed by atoms with Crippen LogP contribution < -0.4 is 0 Å². The van der Waals surface area contributed by atoms with Gasteiger partial charge in [-0.1, -0.05) is 0 Å². The van der Waals surface area contributed by atoms with Crippen molar-refractivity contribution in [3.63, 3.8) is 0 Å². The van der Waals surface area contributed by atoms with Crippen molar-refractivity contribution in [3.8, 4) is 0 Å². The Bertz CT molecular complexity index is 201. The lowest BCUT2D eigenvalue weighted by Gasteiger charge is -2.27. The number of carboxylic acid groups (broad SMARTS) is 2. The van der Waals surface area contributed by atoms with E-state index in [-0.39, 0.29) is 0 Å². The van der Waals surface area contributed by atoms with E-state index in [1.54, 1.807) is 0 Å². The maximum atomic E-state index is 10.1. The van der Waals surface area contributed by atoms with Gasteiger partial charge in [-0.25, -0.2) is 9.59 Å². The van der Waals surface area contributed by atoms with Crippen LogP contribution in [-0.4, -0.2) is 59.2 Å². The standard InChI is InChI=1S/C7H12O8/c8-1-7(2-9,3-14-5(10)11)4-15-6(12)13/h8-9H,1-4H2,(H,10,11)(H,12,13). The molecule has 15 heavy (non-hydrogen) atoms. The predicted octanol–water partition coefficient (Wildman–Crippen LogP) is -0.653. The van der Waals surface area contributed by atoms with E-state index in [0.29, 0.717) is 0 Å². The zero-order valence-electron chi connectivity index (χ0n) is 7.75. The fourth-order valence-corrected chi connectivity index (χ4v) is 0.704. The Morgan fingerprint density at radius 1 is 0.933 bits per heavy atom. The van der Waals surface area contributed by atoms with Crippen LogP contribution in [0.1, 0.15) is 0 Å². The molecule has 0 radical (unpaired) electrons. The number of aliphatic hydroxyl groups excluding tert-OH is 2. The number of rotatable bonds is 6. The molecule has 0 atom stereocenters. The largest absolute Gasteiger partial charge is 0.505 e. The monoisotopic (exact) mass is 224 g/mol. The third kappa shape index (κ3) is 5.03. The summed E-state index contributed by atoms with van der Waals surface area (Å²) < 4.78 is 8.29. The first-order valence-electron chi connectivity index (χ1n) is 3.89. The molecule has 0 heterocycles. The molecule has 0 aromatic heterocycles. The van der Waals surface area contributed by atoms with Crippen molar-refractivity contribution in [3.05, 3.63) is 0 Å². The second kappa shape index (κ2) is 6.04. The number of aliphatic hydroxyl groups is 2. The van der Waals surface area contributed by atoms with Gasteiger partial charge in [0.25, 0.3) is 0 Å². The van der Waals surface area contributed by atoms with Crippen LogP contribution in [0.4, 0.5) is 9.59 Å². The van der Waals surface area contributed by atoms with Crippen LogP contribution in [0, 0.1) is 5.41 Å². The average Bonchev–Trinajstić information content (AvgIpc) is 2.19. The Morgan fingerprint density at radius 3 is 1.47 bits per heavy atom. The Kier molecular flexibility index (Phi) is 5.42. The van der Waals surface area contributed by atoms with Gasteiger partial charge in [0, 0.05) is 0 Å². The van der Waals surface area contributed by atoms with E-state index in [2.05, 4.69) is 9.47 Å². The molecule has 0 rings (SSSR count). The molecular weight excluding hydrogens is 212 g/mol. The first-order chi connectivity index (χ1) is 6.95. The Hall–Kier alpha value is -1.54. The molecule has 0 amide bonds. The lowest BCUT2D eigenvalue weighted by molar-refractivity contribution is -0.0559. The molecule has 0 spiro atoms. The molecule has 0 fully saturated rings. The summed E-state index contributed by atoms with van der Waals surface area (Å²) >= 11 is 0. The number of hydrogen-bond acceptors (Lipinski definition) is 6. The molecule has 8 heteroatoms. The first kappa shape index (κ1) is 13.5. The molecule has 4 N–H and O–H groups in total. The second-order valence-electron chi connectivity index (χ2n) is 2.93. The van der Waals surface area contributed by atoms with Gasteiger partial charge in [-0.15, -0.1) is 0 Å². The maximum absolute atomic E-state index is 10.1. The van der Waals surface area contributed by atoms with Crippen molar-refractivity contribution in [1.29, 1.82) is 0 Å². The predicted molar refractivity (Wildman–Crippen MR) is 44.6 cm³/mol. The highest BCUT2D eigenvalue weighted by Crippen LogP contribution is 2.17. The van der Waals surface area contributed by atoms with Crippen LogP contribution in [0.15, 0.2) is 0 Å². The van der Waals surface area contributed by atoms with Crippen molar-refractivity contribution in [1.82, 2.24) is 0 Å². The van der Waals surface area contributed by atoms with Gasteiger partial charge in [-0.05, 0) is 0 Å². The SMILES string of the molecule is O=C(O)OCC(CO)(CO)COC(=O)O. The van der Waals surface area contributed by atoms with E-state index in [0.717, 1.165) is 0 Å². The van der Waals surface area contributed by atoms with Crippen LogP contribution >= 0.6 is 0 Å². The summed E-state index contributed by atoms with van der Waals surface area (Å²) in [5, 5.41) is 34.2. The van der Waals surface area contributed by atoms with Gasteiger partial charge >= 0.3 is 12.3 Å². The van der Waals surface area contributed by atoms with Crippen LogP contribution in [0.2, 0.25) is 0 Å². The van der Waals surface area contributed by atoms with Gasteiger partial charge in [0.15, 0.2) is 0 Å². The number of hydrogen-bond donors (Lipinski definition) is 4. The normalized spacial score (nSPS) is 10.8. The lowest BCUT2D eigenvalue weighted by Crippen LogP contribution is -2.40. The van der Waals surface area contributed by atoms with Crippen molar-refractivity contribution < 1.29 is 39.5 Å². The van der Waals surface area contributed by atoms with Gasteiger partial charge < -0.3 is 29.9 Å². The Morgan fingerprint density at radius 2 is 1.27 bits per heavy atom. The molecule has 0 saturated heterocycles. The molecule has 0 aliphatic rings. The third-order valence-corrected chi connectivity index (χ3v) is 1.67. The van der Waals surface area contributed by atoms with E-state index >= 15 is 0 Å². The minimum Gasteiger partial charge on any atom is -0.450 e. The van der Waals surface area contributed by atoms with E-state index in [1.165, 1.54) is 0 Å². The highest BCUT2D eigenvalue weighted by Gasteiger charge is 2.33. The van der Waals surface area contributed by atoms with Crippen molar-refractivity contribution in [2.24, 2.45) is 5.41 Å². The van der Waals surface area contributed by atoms with Gasteiger partial charge in [-0.2, -0.15) is 0 Å². The van der Waals surface area contributed by atoms with Crippen LogP contribution in [0.5, 0.6) is 0 Å². The summed E-state index contributed by atoms with van der Waals surface area (Å²) in [5.74, 6) is 0. The van der Waals surface area contributed by atoms with Gasteiger partial charge in [-0.3, -0.25) is 0 Å². The van der Waals surface area contributed by atoms with Gasteiger partial charge in [0.05, 0.1) is 18.6 Å². The fourth-order valence-electron chi connectivity index (χ4n) is 0.704. The minimum atomic E-state index is -1.59. The van der Waals surface area contributed by atoms with E-state index in [9.17, 15) is 9.59 Å². The van der Waals surface area contributed by atoms with Crippen LogP contribution in [0.25, 0.3) is 0 Å². The Labute approximate surface area is 84.7 Å². The summed E-state index contributed by atoms with van der Waals surface area (Å²) in [7, 11) is 0. The second-order valence-corrected chi connectivity index (χ2v) is 2.93. The van der Waals surface area contributed by atoms with Gasteiger partial charge in [0.1, 0.15) is 13.2 Å². The molecule has 0 aromatic rings. The molecule has 0 saturated carbocycles. The molecule has 88 valence electrons. The van der Waals surface area contributed by atoms with Crippen molar-refractivity contribution in [2.45, 2.75) is 0 Å². The minimum absolute atomic E-state index is 0.553. The van der Waals surface area contributed by atoms with Gasteiger partial charge in [0.2, 0.25) is 0 Å². The lowest BCUT2D eigenvalue weighted by atomic mass is 9.92. The van der Waals surface area contributed by atoms with Crippen molar-refractivity contribution >= 4 is 12.3 Å². The molecule has 0 aromatic carbocycles. The maximum Gasteiger partial charge on any atom is 0.505 e. The smallest absolute Gasteiger partial charge is 0.450 e. The molecule has 0 aliphatic carbocycles. The molecule has 0 aliphatic heterocycles. The highest BCUT2D eigenvalue weighted by molar-refractivity contribution is 5.57. The third-order valence-electron chi connectivity index (χ3n) is 1.67. The van der Waals surface area contributed by atoms with E-state index in [4.69, 9.17) is 20.4 Å². The summed E-state index contributed by atoms with van der Waals surface area (Å²) in [6.07, 6.45) is -3.17. The first-order valence-corrected chi connectivity index (χ1v) is 3.89. The number of ether oxygens (including phenoxy) is 2. The summed E-state index contributed by atoms with van der Waals surface area (Å²) in [6.45, 7) is -2.43. The summed E-state index contributed by atoms with van der Waals surface area (Å²) in [4.78, 5) is 20.1. The van der Waals surface area contributed by atoms with Crippen LogP contribution in [-0.2, 0) is 9.47 Å². The fraction of sp³-hybridized carbons (Fsp3) is 0.714. The molecule has 0 bridgehead atoms.